The van der Waals surface area contributed by atoms with E-state index < -0.39 is 11.3 Å². The second-order valence-corrected chi connectivity index (χ2v) is 5.25. The Morgan fingerprint density at radius 1 is 1.40 bits per heavy atom. The monoisotopic (exact) mass is 219 g/mol. The SMILES string of the molecule is CC(C)(C)OO.C[C@H]1CC(N)(N)CCN1. The van der Waals surface area contributed by atoms with Gasteiger partial charge >= 0.3 is 0 Å². The average molecular weight is 219 g/mol. The number of nitrogens with two attached hydrogens (primary N) is 2. The summed E-state index contributed by atoms with van der Waals surface area (Å²) < 4.78 is 0. The summed E-state index contributed by atoms with van der Waals surface area (Å²) in [4.78, 5) is 3.94. The van der Waals surface area contributed by atoms with Gasteiger partial charge in [-0.15, -0.1) is 0 Å². The summed E-state index contributed by atoms with van der Waals surface area (Å²) in [5, 5.41) is 11.2. The van der Waals surface area contributed by atoms with Crippen LogP contribution in [0.3, 0.4) is 0 Å². The van der Waals surface area contributed by atoms with Gasteiger partial charge < -0.3 is 16.8 Å². The minimum absolute atomic E-state index is 0.403. The third-order valence-corrected chi connectivity index (χ3v) is 2.04. The average Bonchev–Trinajstić information content (AvgIpc) is 2.01. The van der Waals surface area contributed by atoms with Crippen molar-refractivity contribution in [3.8, 4) is 0 Å². The van der Waals surface area contributed by atoms with E-state index in [0.29, 0.717) is 6.04 Å². The lowest BCUT2D eigenvalue weighted by Gasteiger charge is -2.33. The Morgan fingerprint density at radius 2 is 1.87 bits per heavy atom. The minimum atomic E-state index is -0.412. The van der Waals surface area contributed by atoms with Crippen molar-refractivity contribution < 1.29 is 10.1 Å². The minimum Gasteiger partial charge on any atom is -0.314 e. The van der Waals surface area contributed by atoms with Gasteiger partial charge in [-0.2, -0.15) is 0 Å². The van der Waals surface area contributed by atoms with E-state index in [1.165, 1.54) is 0 Å². The van der Waals surface area contributed by atoms with Gasteiger partial charge in [0.1, 0.15) is 0 Å². The maximum Gasteiger partial charge on any atom is 0.0949 e. The molecule has 1 rings (SSSR count). The molecule has 0 radical (unpaired) electrons. The predicted molar refractivity (Wildman–Crippen MR) is 61.3 cm³/mol. The van der Waals surface area contributed by atoms with Crippen LogP contribution in [0.5, 0.6) is 0 Å². The van der Waals surface area contributed by atoms with Gasteiger partial charge in [0.2, 0.25) is 0 Å². The summed E-state index contributed by atoms with van der Waals surface area (Å²) >= 11 is 0. The summed E-state index contributed by atoms with van der Waals surface area (Å²) in [5.74, 6) is 0. The molecule has 92 valence electrons. The standard InChI is InChI=1S/C6H15N3.C4H10O2/c1-5-4-6(7,8)2-3-9-5;1-4(2,3)6-5/h5,9H,2-4,7-8H2,1H3;5H,1-3H3/t5-;/m0./s1. The second-order valence-electron chi connectivity index (χ2n) is 5.25. The van der Waals surface area contributed by atoms with E-state index in [2.05, 4.69) is 17.1 Å². The summed E-state index contributed by atoms with van der Waals surface area (Å²) in [7, 11) is 0. The molecular weight excluding hydrogens is 194 g/mol. The van der Waals surface area contributed by atoms with Crippen molar-refractivity contribution in [3.63, 3.8) is 0 Å². The summed E-state index contributed by atoms with van der Waals surface area (Å²) in [6.45, 7) is 8.37. The van der Waals surface area contributed by atoms with Gasteiger partial charge in [0.05, 0.1) is 11.3 Å². The molecule has 1 saturated heterocycles. The maximum atomic E-state index is 7.90. The van der Waals surface area contributed by atoms with Gasteiger partial charge in [0, 0.05) is 6.04 Å². The zero-order valence-electron chi connectivity index (χ0n) is 10.2. The third-order valence-electron chi connectivity index (χ3n) is 2.04. The van der Waals surface area contributed by atoms with Crippen molar-refractivity contribution in [2.75, 3.05) is 6.54 Å². The van der Waals surface area contributed by atoms with Gasteiger partial charge in [0.25, 0.3) is 0 Å². The zero-order chi connectivity index (χ0) is 12.1. The van der Waals surface area contributed by atoms with Crippen molar-refractivity contribution >= 4 is 0 Å². The molecule has 0 aromatic rings. The lowest BCUT2D eigenvalue weighted by molar-refractivity contribution is -0.306. The molecule has 0 amide bonds. The van der Waals surface area contributed by atoms with Crippen molar-refractivity contribution in [1.29, 1.82) is 0 Å². The Labute approximate surface area is 92.1 Å². The Kier molecular flexibility index (Phi) is 5.69. The van der Waals surface area contributed by atoms with Crippen molar-refractivity contribution in [2.24, 2.45) is 11.5 Å². The highest BCUT2D eigenvalue weighted by molar-refractivity contribution is 4.86. The van der Waals surface area contributed by atoms with Gasteiger partial charge in [-0.1, -0.05) is 0 Å². The first kappa shape index (κ1) is 14.8. The third kappa shape index (κ3) is 8.77. The van der Waals surface area contributed by atoms with E-state index in [9.17, 15) is 0 Å². The fraction of sp³-hybridized carbons (Fsp3) is 1.00. The van der Waals surface area contributed by atoms with Crippen LogP contribution in [-0.4, -0.2) is 29.1 Å². The maximum absolute atomic E-state index is 7.90. The molecule has 6 N–H and O–H groups in total. The molecule has 1 atom stereocenters. The highest BCUT2D eigenvalue weighted by Gasteiger charge is 2.25. The van der Waals surface area contributed by atoms with E-state index in [-0.39, 0.29) is 0 Å². The molecule has 0 unspecified atom stereocenters. The number of rotatable bonds is 0. The quantitative estimate of drug-likeness (QED) is 0.273. The van der Waals surface area contributed by atoms with E-state index >= 15 is 0 Å². The molecule has 0 saturated carbocycles. The normalized spacial score (nSPS) is 25.4. The first-order chi connectivity index (χ1) is 6.66. The molecule has 0 aromatic carbocycles. The van der Waals surface area contributed by atoms with Crippen LogP contribution in [0.2, 0.25) is 0 Å². The van der Waals surface area contributed by atoms with Crippen molar-refractivity contribution in [3.05, 3.63) is 0 Å². The first-order valence-electron chi connectivity index (χ1n) is 5.30. The molecule has 0 aliphatic carbocycles. The fourth-order valence-electron chi connectivity index (χ4n) is 1.30. The molecule has 0 spiro atoms. The van der Waals surface area contributed by atoms with Crippen molar-refractivity contribution in [2.45, 2.75) is 57.8 Å². The van der Waals surface area contributed by atoms with Crippen LogP contribution in [0.25, 0.3) is 0 Å². The Balaban J connectivity index is 0.000000288. The van der Waals surface area contributed by atoms with Crippen molar-refractivity contribution in [1.82, 2.24) is 5.32 Å². The molecule has 1 heterocycles. The molecule has 0 bridgehead atoms. The van der Waals surface area contributed by atoms with Crippen LogP contribution in [0.15, 0.2) is 0 Å². The summed E-state index contributed by atoms with van der Waals surface area (Å²) in [6.07, 6.45) is 1.77. The molecule has 1 aliphatic rings. The van der Waals surface area contributed by atoms with Crippen LogP contribution in [0.1, 0.15) is 40.5 Å². The summed E-state index contributed by atoms with van der Waals surface area (Å²) in [6, 6.07) is 0.480. The van der Waals surface area contributed by atoms with Crippen LogP contribution < -0.4 is 16.8 Å². The van der Waals surface area contributed by atoms with E-state index in [0.717, 1.165) is 19.4 Å². The van der Waals surface area contributed by atoms with Crippen LogP contribution in [-0.2, 0) is 4.89 Å². The first-order valence-corrected chi connectivity index (χ1v) is 5.30. The molecule has 0 aromatic heterocycles. The van der Waals surface area contributed by atoms with Gasteiger partial charge in [-0.3, -0.25) is 5.26 Å². The molecule has 5 heteroatoms. The van der Waals surface area contributed by atoms with Crippen LogP contribution in [0, 0.1) is 0 Å². The Morgan fingerprint density at radius 3 is 2.07 bits per heavy atom. The molecule has 15 heavy (non-hydrogen) atoms. The molecule has 1 aliphatic heterocycles. The van der Waals surface area contributed by atoms with Crippen LogP contribution >= 0.6 is 0 Å². The fourth-order valence-corrected chi connectivity index (χ4v) is 1.30. The van der Waals surface area contributed by atoms with Gasteiger partial charge in [-0.25, -0.2) is 4.89 Å². The number of piperidine rings is 1. The lowest BCUT2D eigenvalue weighted by Crippen LogP contribution is -2.58. The number of hydrogen-bond donors (Lipinski definition) is 4. The highest BCUT2D eigenvalue weighted by atomic mass is 17.1. The predicted octanol–water partition coefficient (Wildman–Crippen LogP) is 0.647. The topological polar surface area (TPSA) is 93.5 Å². The zero-order valence-corrected chi connectivity index (χ0v) is 10.2. The second kappa shape index (κ2) is 5.77. The summed E-state index contributed by atoms with van der Waals surface area (Å²) in [5.41, 5.74) is 10.6. The van der Waals surface area contributed by atoms with Crippen LogP contribution in [0.4, 0.5) is 0 Å². The number of hydrogen-bond acceptors (Lipinski definition) is 5. The molecule has 5 nitrogen and oxygen atoms in total. The molecular formula is C10H25N3O2. The Hall–Kier alpha value is -0.200. The Bertz CT molecular complexity index is 178. The lowest BCUT2D eigenvalue weighted by atomic mass is 9.95. The largest absolute Gasteiger partial charge is 0.314 e. The van der Waals surface area contributed by atoms with E-state index in [1.54, 1.807) is 20.8 Å². The van der Waals surface area contributed by atoms with E-state index in [1.807, 2.05) is 0 Å². The van der Waals surface area contributed by atoms with E-state index in [4.69, 9.17) is 16.7 Å². The number of nitrogens with one attached hydrogen (secondary N) is 1. The highest BCUT2D eigenvalue weighted by Crippen LogP contribution is 2.11. The van der Waals surface area contributed by atoms with Gasteiger partial charge in [-0.05, 0) is 47.1 Å². The van der Waals surface area contributed by atoms with Gasteiger partial charge in [0.15, 0.2) is 0 Å². The smallest absolute Gasteiger partial charge is 0.0949 e. The molecule has 1 fully saturated rings.